The second kappa shape index (κ2) is 17.9. The van der Waals surface area contributed by atoms with Crippen molar-refractivity contribution in [1.29, 1.82) is 0 Å². The fourth-order valence-electron chi connectivity index (χ4n) is 1.95. The van der Waals surface area contributed by atoms with Gasteiger partial charge in [-0.05, 0) is 113 Å². The summed E-state index contributed by atoms with van der Waals surface area (Å²) in [4.78, 5) is 36.3. The summed E-state index contributed by atoms with van der Waals surface area (Å²) in [6.45, 7) is 22.9. The number of ether oxygens (including phenoxy) is 1. The molecule has 0 aliphatic rings. The van der Waals surface area contributed by atoms with Crippen LogP contribution in [0.1, 0.15) is 99.9 Å². The number of terminal acetylenes is 2. The molecule has 0 aliphatic heterocycles. The minimum absolute atomic E-state index is 0.0880. The lowest BCUT2D eigenvalue weighted by Crippen LogP contribution is -2.40. The number of amides is 2. The topological polar surface area (TPSA) is 140 Å². The lowest BCUT2D eigenvalue weighted by Gasteiger charge is -2.21. The smallest absolute Gasteiger partial charge is 0.335 e. The van der Waals surface area contributed by atoms with E-state index in [-0.39, 0.29) is 46.1 Å². The van der Waals surface area contributed by atoms with Gasteiger partial charge in [-0.25, -0.2) is 10.7 Å². The number of nitrogens with two attached hydrogens (primary N) is 1. The molecular formula is C30H49N3O6. The number of carbonyl (C=O) groups excluding carboxylic acids is 2. The maximum absolute atomic E-state index is 10.8. The van der Waals surface area contributed by atoms with E-state index in [0.29, 0.717) is 5.75 Å². The van der Waals surface area contributed by atoms with Crippen LogP contribution in [0, 0.1) is 24.7 Å². The van der Waals surface area contributed by atoms with Gasteiger partial charge in [-0.3, -0.25) is 14.4 Å². The van der Waals surface area contributed by atoms with E-state index < -0.39 is 5.97 Å². The molecule has 0 bridgehead atoms. The Morgan fingerprint density at radius 3 is 1.46 bits per heavy atom. The van der Waals surface area contributed by atoms with Crippen LogP contribution < -0.4 is 21.3 Å². The number of carbonyl (C=O) groups is 3. The largest absolute Gasteiger partial charge is 0.488 e. The molecule has 5 N–H and O–H groups in total. The third-order valence-electron chi connectivity index (χ3n) is 3.28. The van der Waals surface area contributed by atoms with Gasteiger partial charge in [0.05, 0.1) is 17.6 Å². The molecule has 39 heavy (non-hydrogen) atoms. The number of carboxylic acid groups (broad SMARTS) is 1. The van der Waals surface area contributed by atoms with Crippen LogP contribution in [0.15, 0.2) is 24.3 Å². The Morgan fingerprint density at radius 1 is 0.821 bits per heavy atom. The molecule has 0 heterocycles. The fourth-order valence-corrected chi connectivity index (χ4v) is 1.95. The molecule has 0 radical (unpaired) electrons. The van der Waals surface area contributed by atoms with Crippen LogP contribution in [0.5, 0.6) is 5.75 Å². The molecule has 0 fully saturated rings. The van der Waals surface area contributed by atoms with Gasteiger partial charge >= 0.3 is 5.97 Å². The molecular weight excluding hydrogens is 498 g/mol. The van der Waals surface area contributed by atoms with Gasteiger partial charge in [0.15, 0.2) is 0 Å². The maximum atomic E-state index is 10.8. The van der Waals surface area contributed by atoms with Crippen LogP contribution in [-0.4, -0.2) is 45.2 Å². The Kier molecular flexibility index (Phi) is 18.3. The maximum Gasteiger partial charge on any atom is 0.335 e. The lowest BCUT2D eigenvalue weighted by molar-refractivity contribution is -0.121. The Balaban J connectivity index is -0.000000464. The number of hydrogen-bond donors (Lipinski definition) is 4. The average Bonchev–Trinajstić information content (AvgIpc) is 2.71. The Hall–Kier alpha value is -3.53. The number of hydrogen-bond acceptors (Lipinski definition) is 6. The first-order valence-corrected chi connectivity index (χ1v) is 12.3. The first kappa shape index (κ1) is 40.0. The standard InChI is InChI=1S/C11H14O3.C8H13NO.C7H11NO.C4H11NO/c1-11(2,3)14-9-6-4-8(5-7-9)10(12)13;1-5-6-7(10)9-8(2,3)4;1-5-6(9)8-7(2,3)4;1-4(2,3)6-5/h4-7H,1-3H3,(H,12,13);1H,6H2,2-4H3,(H,9,10);1H,2-4H3,(H,8,9);5H2,1-3H3. The summed E-state index contributed by atoms with van der Waals surface area (Å²) in [7, 11) is 0. The van der Waals surface area contributed by atoms with E-state index in [2.05, 4.69) is 21.4 Å². The molecule has 2 amide bonds. The SMILES string of the molecule is C#CC(=O)NC(C)(C)C.C#CCC(=O)NC(C)(C)C.CC(C)(C)ON.CC(C)(C)Oc1ccc(C(=O)O)cc1. The normalized spacial score (nSPS) is 10.7. The molecule has 0 unspecified atom stereocenters. The molecule has 1 aromatic rings. The molecule has 1 rings (SSSR count). The van der Waals surface area contributed by atoms with Crippen LogP contribution in [0.25, 0.3) is 0 Å². The van der Waals surface area contributed by atoms with E-state index in [1.807, 2.05) is 89.0 Å². The zero-order valence-electron chi connectivity index (χ0n) is 25.7. The van der Waals surface area contributed by atoms with Gasteiger partial charge in [-0.1, -0.05) is 5.92 Å². The summed E-state index contributed by atoms with van der Waals surface area (Å²) in [6, 6.07) is 6.39. The van der Waals surface area contributed by atoms with Gasteiger partial charge < -0.3 is 20.5 Å². The van der Waals surface area contributed by atoms with E-state index >= 15 is 0 Å². The van der Waals surface area contributed by atoms with E-state index in [1.165, 1.54) is 12.1 Å². The van der Waals surface area contributed by atoms with Crippen LogP contribution >= 0.6 is 0 Å². The Morgan fingerprint density at radius 2 is 1.23 bits per heavy atom. The van der Waals surface area contributed by atoms with Crippen molar-refractivity contribution in [3.8, 4) is 30.4 Å². The lowest BCUT2D eigenvalue weighted by atomic mass is 10.1. The van der Waals surface area contributed by atoms with Crippen LogP contribution in [0.2, 0.25) is 0 Å². The van der Waals surface area contributed by atoms with Gasteiger partial charge in [0.25, 0.3) is 5.91 Å². The molecule has 1 aromatic carbocycles. The van der Waals surface area contributed by atoms with Crippen molar-refractivity contribution in [3.63, 3.8) is 0 Å². The highest BCUT2D eigenvalue weighted by molar-refractivity contribution is 5.93. The molecule has 0 aliphatic carbocycles. The molecule has 9 nitrogen and oxygen atoms in total. The number of nitrogens with one attached hydrogen (secondary N) is 2. The van der Waals surface area contributed by atoms with Crippen LogP contribution in [0.4, 0.5) is 0 Å². The number of carboxylic acids is 1. The monoisotopic (exact) mass is 547 g/mol. The molecule has 220 valence electrons. The van der Waals surface area contributed by atoms with Gasteiger partial charge in [0, 0.05) is 11.1 Å². The van der Waals surface area contributed by atoms with Gasteiger partial charge in [-0.2, -0.15) is 0 Å². The van der Waals surface area contributed by atoms with Crippen molar-refractivity contribution < 1.29 is 29.1 Å². The highest BCUT2D eigenvalue weighted by Gasteiger charge is 2.13. The fraction of sp³-hybridized carbons (Fsp3) is 0.567. The van der Waals surface area contributed by atoms with E-state index in [4.69, 9.17) is 28.6 Å². The highest BCUT2D eigenvalue weighted by Crippen LogP contribution is 2.18. The van der Waals surface area contributed by atoms with Crippen molar-refractivity contribution in [2.24, 2.45) is 5.90 Å². The zero-order chi connectivity index (χ0) is 31.7. The van der Waals surface area contributed by atoms with Crippen molar-refractivity contribution >= 4 is 17.8 Å². The molecule has 0 spiro atoms. The second-order valence-electron chi connectivity index (χ2n) is 12.3. The quantitative estimate of drug-likeness (QED) is 0.318. The third-order valence-corrected chi connectivity index (χ3v) is 3.28. The summed E-state index contributed by atoms with van der Waals surface area (Å²) >= 11 is 0. The zero-order valence-corrected chi connectivity index (χ0v) is 25.7. The van der Waals surface area contributed by atoms with Gasteiger partial charge in [0.2, 0.25) is 5.91 Å². The molecule has 0 saturated carbocycles. The minimum Gasteiger partial charge on any atom is -0.488 e. The van der Waals surface area contributed by atoms with Crippen LogP contribution in [0.3, 0.4) is 0 Å². The van der Waals surface area contributed by atoms with Crippen molar-refractivity contribution in [3.05, 3.63) is 29.8 Å². The summed E-state index contributed by atoms with van der Waals surface area (Å²) in [5.41, 5.74) is -0.562. The first-order valence-electron chi connectivity index (χ1n) is 12.3. The molecule has 9 heteroatoms. The predicted molar refractivity (Wildman–Crippen MR) is 157 cm³/mol. The Bertz CT molecular complexity index is 959. The average molecular weight is 548 g/mol. The summed E-state index contributed by atoms with van der Waals surface area (Å²) in [6.07, 6.45) is 9.92. The van der Waals surface area contributed by atoms with Crippen LogP contribution in [-0.2, 0) is 14.4 Å². The Labute approximate surface area is 235 Å². The predicted octanol–water partition coefficient (Wildman–Crippen LogP) is 4.70. The minimum atomic E-state index is -0.924. The number of aromatic carboxylic acids is 1. The summed E-state index contributed by atoms with van der Waals surface area (Å²) in [5, 5.41) is 14.0. The van der Waals surface area contributed by atoms with Gasteiger partial charge in [0.1, 0.15) is 11.4 Å². The van der Waals surface area contributed by atoms with E-state index in [0.717, 1.165) is 0 Å². The molecule has 0 saturated heterocycles. The number of rotatable bonds is 3. The molecule has 0 atom stereocenters. The van der Waals surface area contributed by atoms with Gasteiger partial charge in [-0.15, -0.1) is 12.8 Å². The van der Waals surface area contributed by atoms with E-state index in [9.17, 15) is 14.4 Å². The molecule has 0 aromatic heterocycles. The first-order chi connectivity index (χ1) is 17.4. The van der Waals surface area contributed by atoms with Crippen molar-refractivity contribution in [2.45, 2.75) is 112 Å². The summed E-state index contributed by atoms with van der Waals surface area (Å²) < 4.78 is 5.54. The van der Waals surface area contributed by atoms with Crippen molar-refractivity contribution in [2.75, 3.05) is 0 Å². The van der Waals surface area contributed by atoms with E-state index in [1.54, 1.807) is 12.1 Å². The highest BCUT2D eigenvalue weighted by atomic mass is 16.6. The van der Waals surface area contributed by atoms with Crippen molar-refractivity contribution in [1.82, 2.24) is 10.6 Å². The number of benzene rings is 1. The summed E-state index contributed by atoms with van der Waals surface area (Å²) in [5.74, 6) is 8.37. The second-order valence-corrected chi connectivity index (χ2v) is 12.3. The third kappa shape index (κ3) is 32.4.